The van der Waals surface area contributed by atoms with E-state index in [0.717, 1.165) is 31.3 Å². The highest BCUT2D eigenvalue weighted by molar-refractivity contribution is 5.90. The number of aliphatic hydroxyl groups is 5. The lowest BCUT2D eigenvalue weighted by Crippen LogP contribution is -2.67. The zero-order valence-corrected chi connectivity index (χ0v) is 21.8. The normalized spacial score (nSPS) is 57.1. The average molecular weight is 493 g/mol. The SMILES string of the molecule is C[C@H]([C@H]1C[C@@](C)(O)[C@](C)(O)[C@@H](O)O1)[C@@]1(O)CC[C@H]2[C@@H]3CC=C4C[C@H](O)CC(=O)[C@]4(C)[C@H]3CC[C@@]21C. The second-order valence-electron chi connectivity index (χ2n) is 13.4. The molecule has 0 spiro atoms. The molecular weight excluding hydrogens is 448 g/mol. The Balaban J connectivity index is 1.43. The van der Waals surface area contributed by atoms with Gasteiger partial charge in [-0.15, -0.1) is 0 Å². The van der Waals surface area contributed by atoms with E-state index in [4.69, 9.17) is 4.74 Å². The monoisotopic (exact) mass is 492 g/mol. The average Bonchev–Trinajstić information content (AvgIpc) is 3.04. The number of ketones is 1. The van der Waals surface area contributed by atoms with Crippen molar-refractivity contribution in [2.75, 3.05) is 0 Å². The third-order valence-electron chi connectivity index (χ3n) is 11.9. The van der Waals surface area contributed by atoms with Crippen molar-refractivity contribution in [1.29, 1.82) is 0 Å². The van der Waals surface area contributed by atoms with Gasteiger partial charge in [0.1, 0.15) is 11.4 Å². The second kappa shape index (κ2) is 7.84. The van der Waals surface area contributed by atoms with Gasteiger partial charge in [-0.05, 0) is 82.5 Å². The van der Waals surface area contributed by atoms with Crippen molar-refractivity contribution in [3.05, 3.63) is 11.6 Å². The highest BCUT2D eigenvalue weighted by Gasteiger charge is 2.67. The summed E-state index contributed by atoms with van der Waals surface area (Å²) in [6.07, 6.45) is 4.39. The fraction of sp³-hybridized carbons (Fsp3) is 0.893. The van der Waals surface area contributed by atoms with Gasteiger partial charge in [0.15, 0.2) is 6.29 Å². The number of allylic oxidation sites excluding steroid dienone is 1. The van der Waals surface area contributed by atoms with Crippen LogP contribution < -0.4 is 0 Å². The zero-order chi connectivity index (χ0) is 25.8. The van der Waals surface area contributed by atoms with Crippen molar-refractivity contribution in [1.82, 2.24) is 0 Å². The fourth-order valence-electron chi connectivity index (χ4n) is 9.11. The quantitative estimate of drug-likeness (QED) is 0.375. The Labute approximate surface area is 208 Å². The molecule has 198 valence electrons. The van der Waals surface area contributed by atoms with Gasteiger partial charge in [-0.1, -0.05) is 25.5 Å². The highest BCUT2D eigenvalue weighted by Crippen LogP contribution is 2.68. The fourth-order valence-corrected chi connectivity index (χ4v) is 9.11. The molecule has 1 heterocycles. The summed E-state index contributed by atoms with van der Waals surface area (Å²) in [7, 11) is 0. The maximum absolute atomic E-state index is 13.2. The van der Waals surface area contributed by atoms with Crippen molar-refractivity contribution in [2.45, 2.75) is 121 Å². The summed E-state index contributed by atoms with van der Waals surface area (Å²) in [5.74, 6) is 0.566. The van der Waals surface area contributed by atoms with Gasteiger partial charge in [0.25, 0.3) is 0 Å². The van der Waals surface area contributed by atoms with Gasteiger partial charge < -0.3 is 30.3 Å². The van der Waals surface area contributed by atoms with Crippen LogP contribution in [0.4, 0.5) is 0 Å². The van der Waals surface area contributed by atoms with E-state index in [1.807, 2.05) is 6.92 Å². The lowest BCUT2D eigenvalue weighted by atomic mass is 9.46. The first-order chi connectivity index (χ1) is 16.1. The van der Waals surface area contributed by atoms with E-state index in [-0.39, 0.29) is 41.8 Å². The van der Waals surface area contributed by atoms with Crippen LogP contribution >= 0.6 is 0 Å². The molecular formula is C28H44O7. The lowest BCUT2D eigenvalue weighted by molar-refractivity contribution is -0.334. The first-order valence-electron chi connectivity index (χ1n) is 13.5. The summed E-state index contributed by atoms with van der Waals surface area (Å²) in [4.78, 5) is 13.2. The van der Waals surface area contributed by atoms with Crippen molar-refractivity contribution in [3.8, 4) is 0 Å². The van der Waals surface area contributed by atoms with Crippen LogP contribution in [0.2, 0.25) is 0 Å². The summed E-state index contributed by atoms with van der Waals surface area (Å²) < 4.78 is 5.83. The maximum atomic E-state index is 13.2. The van der Waals surface area contributed by atoms with Gasteiger partial charge in [-0.25, -0.2) is 0 Å². The van der Waals surface area contributed by atoms with E-state index in [0.29, 0.717) is 18.8 Å². The number of ether oxygens (including phenoxy) is 1. The van der Waals surface area contributed by atoms with Gasteiger partial charge in [0, 0.05) is 18.8 Å². The van der Waals surface area contributed by atoms with Crippen molar-refractivity contribution in [2.24, 2.45) is 34.5 Å². The van der Waals surface area contributed by atoms with Crippen LogP contribution in [0.25, 0.3) is 0 Å². The van der Waals surface area contributed by atoms with Crippen LogP contribution in [0.5, 0.6) is 0 Å². The Morgan fingerprint density at radius 1 is 1.00 bits per heavy atom. The minimum atomic E-state index is -1.80. The largest absolute Gasteiger partial charge is 0.392 e. The molecule has 5 N–H and O–H groups in total. The number of hydrogen-bond donors (Lipinski definition) is 5. The summed E-state index contributed by atoms with van der Waals surface area (Å²) >= 11 is 0. The molecule has 1 aliphatic heterocycles. The van der Waals surface area contributed by atoms with E-state index >= 15 is 0 Å². The Morgan fingerprint density at radius 2 is 1.66 bits per heavy atom. The van der Waals surface area contributed by atoms with Crippen LogP contribution in [0, 0.1) is 34.5 Å². The van der Waals surface area contributed by atoms with Gasteiger partial charge >= 0.3 is 0 Å². The first-order valence-corrected chi connectivity index (χ1v) is 13.5. The molecule has 4 fully saturated rings. The molecule has 0 bridgehead atoms. The summed E-state index contributed by atoms with van der Waals surface area (Å²) in [6, 6.07) is 0. The molecule has 12 atom stereocenters. The Hall–Kier alpha value is -0.830. The molecule has 7 heteroatoms. The Kier molecular flexibility index (Phi) is 5.78. The van der Waals surface area contributed by atoms with Gasteiger partial charge in [0.05, 0.1) is 28.8 Å². The van der Waals surface area contributed by atoms with Crippen LogP contribution in [-0.2, 0) is 9.53 Å². The Morgan fingerprint density at radius 3 is 2.31 bits per heavy atom. The van der Waals surface area contributed by atoms with E-state index in [1.165, 1.54) is 13.8 Å². The molecule has 0 aromatic heterocycles. The topological polar surface area (TPSA) is 127 Å². The lowest BCUT2D eigenvalue weighted by Gasteiger charge is -2.60. The predicted octanol–water partition coefficient (Wildman–Crippen LogP) is 2.47. The Bertz CT molecular complexity index is 926. The molecule has 0 amide bonds. The number of fused-ring (bicyclic) bond motifs is 5. The van der Waals surface area contributed by atoms with Crippen molar-refractivity contribution in [3.63, 3.8) is 0 Å². The molecule has 5 aliphatic rings. The van der Waals surface area contributed by atoms with Crippen molar-refractivity contribution >= 4 is 5.78 Å². The molecule has 7 nitrogen and oxygen atoms in total. The van der Waals surface area contributed by atoms with Crippen LogP contribution in [0.15, 0.2) is 11.6 Å². The standard InChI is InChI=1S/C28H44O7/c1-15(21-14-25(3,32)27(5,33)23(31)35-21)28(34)11-9-19-18-7-6-16-12-17(29)13-22(30)26(16,4)20(18)8-10-24(19,28)2/h6,15,17-21,23,29,31-34H,7-14H2,1-5H3/t15-,17+,18+,19+,20+,21-,23+,24+,25-,26+,27-,28+/m1/s1. The zero-order valence-electron chi connectivity index (χ0n) is 21.8. The van der Waals surface area contributed by atoms with Gasteiger partial charge in [-0.2, -0.15) is 0 Å². The minimum absolute atomic E-state index is 0.119. The number of aliphatic hydroxyl groups excluding tert-OH is 2. The van der Waals surface area contributed by atoms with Crippen molar-refractivity contribution < 1.29 is 35.1 Å². The number of Topliss-reactive ketones (excluding diaryl/α,β-unsaturated/α-hetero) is 1. The molecule has 5 rings (SSSR count). The number of carbonyl (C=O) groups is 1. The van der Waals surface area contributed by atoms with Crippen LogP contribution in [0.3, 0.4) is 0 Å². The maximum Gasteiger partial charge on any atom is 0.186 e. The summed E-state index contributed by atoms with van der Waals surface area (Å²) in [5.41, 5.74) is -4.20. The molecule has 3 saturated carbocycles. The van der Waals surface area contributed by atoms with Crippen LogP contribution in [0.1, 0.15) is 86.0 Å². The minimum Gasteiger partial charge on any atom is -0.392 e. The number of rotatable bonds is 2. The molecule has 4 aliphatic carbocycles. The van der Waals surface area contributed by atoms with E-state index < -0.39 is 40.7 Å². The molecule has 0 unspecified atom stereocenters. The third kappa shape index (κ3) is 3.28. The molecule has 35 heavy (non-hydrogen) atoms. The molecule has 0 aromatic rings. The second-order valence-corrected chi connectivity index (χ2v) is 13.4. The third-order valence-corrected chi connectivity index (χ3v) is 11.9. The van der Waals surface area contributed by atoms with E-state index in [2.05, 4.69) is 19.9 Å². The van der Waals surface area contributed by atoms with Crippen LogP contribution in [-0.4, -0.2) is 66.6 Å². The summed E-state index contributed by atoms with van der Waals surface area (Å²) in [5, 5.41) is 54.5. The molecule has 0 aromatic carbocycles. The van der Waals surface area contributed by atoms with Gasteiger partial charge in [0.2, 0.25) is 0 Å². The highest BCUT2D eigenvalue weighted by atomic mass is 16.6. The number of hydrogen-bond acceptors (Lipinski definition) is 7. The predicted molar refractivity (Wildman–Crippen MR) is 129 cm³/mol. The molecule has 1 saturated heterocycles. The first kappa shape index (κ1) is 25.8. The van der Waals surface area contributed by atoms with E-state index in [9.17, 15) is 30.3 Å². The number of carbonyl (C=O) groups excluding carboxylic acids is 1. The molecule has 0 radical (unpaired) electrons. The van der Waals surface area contributed by atoms with Gasteiger partial charge in [-0.3, -0.25) is 4.79 Å². The summed E-state index contributed by atoms with van der Waals surface area (Å²) in [6.45, 7) is 9.09. The smallest absolute Gasteiger partial charge is 0.186 e. The van der Waals surface area contributed by atoms with E-state index in [1.54, 1.807) is 0 Å².